The smallest absolute Gasteiger partial charge is 0.221 e. The quantitative estimate of drug-likeness (QED) is 0.723. The molecule has 0 unspecified atom stereocenters. The predicted molar refractivity (Wildman–Crippen MR) is 58.4 cm³/mol. The van der Waals surface area contributed by atoms with Crippen LogP contribution >= 0.6 is 0 Å². The van der Waals surface area contributed by atoms with Gasteiger partial charge in [-0.15, -0.1) is 0 Å². The molecule has 0 heterocycles. The van der Waals surface area contributed by atoms with Gasteiger partial charge in [0.15, 0.2) is 0 Å². The molecule has 0 aliphatic heterocycles. The van der Waals surface area contributed by atoms with Crippen molar-refractivity contribution in [3.63, 3.8) is 0 Å². The van der Waals surface area contributed by atoms with Gasteiger partial charge in [-0.2, -0.15) is 0 Å². The Hall–Kier alpha value is -1.83. The highest BCUT2D eigenvalue weighted by atomic mass is 16.1. The van der Waals surface area contributed by atoms with Crippen molar-refractivity contribution in [3.8, 4) is 0 Å². The number of nitrogens with one attached hydrogen (secondary N) is 1. The van der Waals surface area contributed by atoms with Crippen molar-refractivity contribution >= 4 is 11.6 Å². The van der Waals surface area contributed by atoms with E-state index in [-0.39, 0.29) is 5.91 Å². The van der Waals surface area contributed by atoms with Crippen LogP contribution in [0.5, 0.6) is 0 Å². The van der Waals surface area contributed by atoms with E-state index < -0.39 is 0 Å². The normalized spacial score (nSPS) is 10.8. The summed E-state index contributed by atoms with van der Waals surface area (Å²) in [5.41, 5.74) is 1.75. The average molecular weight is 187 g/mol. The Morgan fingerprint density at radius 2 is 2.00 bits per heavy atom. The molecular formula is C12H13NO. The number of rotatable bonds is 3. The largest absolute Gasteiger partial charge is 0.326 e. The molecule has 0 saturated heterocycles. The fourth-order valence-corrected chi connectivity index (χ4v) is 1.14. The Labute approximate surface area is 84.0 Å². The van der Waals surface area contributed by atoms with E-state index in [4.69, 9.17) is 0 Å². The van der Waals surface area contributed by atoms with Gasteiger partial charge in [-0.1, -0.05) is 43.0 Å². The molecule has 0 bridgehead atoms. The lowest BCUT2D eigenvalue weighted by atomic mass is 10.1. The number of benzene rings is 1. The summed E-state index contributed by atoms with van der Waals surface area (Å²) in [7, 11) is 0. The Bertz CT molecular complexity index is 352. The van der Waals surface area contributed by atoms with E-state index in [9.17, 15) is 4.79 Å². The first-order chi connectivity index (χ1) is 6.74. The minimum Gasteiger partial charge on any atom is -0.326 e. The summed E-state index contributed by atoms with van der Waals surface area (Å²) in [6, 6.07) is 9.65. The van der Waals surface area contributed by atoms with Crippen LogP contribution in [0, 0.1) is 0 Å². The minimum absolute atomic E-state index is 0.0815. The second kappa shape index (κ2) is 5.02. The third kappa shape index (κ3) is 2.90. The van der Waals surface area contributed by atoms with Crippen molar-refractivity contribution in [2.24, 2.45) is 0 Å². The lowest BCUT2D eigenvalue weighted by Crippen LogP contribution is -2.17. The van der Waals surface area contributed by atoms with Crippen molar-refractivity contribution in [1.29, 1.82) is 0 Å². The van der Waals surface area contributed by atoms with Gasteiger partial charge in [0.05, 0.1) is 0 Å². The summed E-state index contributed by atoms with van der Waals surface area (Å²) >= 11 is 0. The minimum atomic E-state index is -0.0815. The Morgan fingerprint density at radius 3 is 2.50 bits per heavy atom. The zero-order valence-corrected chi connectivity index (χ0v) is 8.16. The van der Waals surface area contributed by atoms with Crippen molar-refractivity contribution in [2.45, 2.75) is 6.92 Å². The highest BCUT2D eigenvalue weighted by Crippen LogP contribution is 2.10. The summed E-state index contributed by atoms with van der Waals surface area (Å²) in [4.78, 5) is 10.9. The number of allylic oxidation sites excluding steroid dienone is 2. The molecule has 1 rings (SSSR count). The first-order valence-electron chi connectivity index (χ1n) is 4.40. The van der Waals surface area contributed by atoms with Crippen LogP contribution in [-0.2, 0) is 4.79 Å². The van der Waals surface area contributed by atoms with E-state index in [1.807, 2.05) is 30.3 Å². The Morgan fingerprint density at radius 1 is 1.36 bits per heavy atom. The molecule has 0 aliphatic rings. The zero-order valence-electron chi connectivity index (χ0n) is 8.16. The van der Waals surface area contributed by atoms with Gasteiger partial charge in [0.2, 0.25) is 5.91 Å². The molecule has 1 amide bonds. The van der Waals surface area contributed by atoms with E-state index in [0.29, 0.717) is 0 Å². The summed E-state index contributed by atoms with van der Waals surface area (Å²) in [5, 5.41) is 2.75. The molecule has 0 saturated carbocycles. The van der Waals surface area contributed by atoms with E-state index in [0.717, 1.165) is 11.3 Å². The van der Waals surface area contributed by atoms with Crippen LogP contribution in [0.25, 0.3) is 5.70 Å². The van der Waals surface area contributed by atoms with Crippen LogP contribution < -0.4 is 5.32 Å². The van der Waals surface area contributed by atoms with Crippen LogP contribution in [0.4, 0.5) is 0 Å². The molecule has 0 atom stereocenters. The second-order valence-corrected chi connectivity index (χ2v) is 2.86. The molecule has 1 aromatic rings. The second-order valence-electron chi connectivity index (χ2n) is 2.86. The predicted octanol–water partition coefficient (Wildman–Crippen LogP) is 2.35. The van der Waals surface area contributed by atoms with Crippen LogP contribution in [-0.4, -0.2) is 5.91 Å². The number of hydrogen-bond donors (Lipinski definition) is 1. The van der Waals surface area contributed by atoms with Gasteiger partial charge in [-0.05, 0) is 11.6 Å². The van der Waals surface area contributed by atoms with Crippen LogP contribution in [0.2, 0.25) is 0 Å². The monoisotopic (exact) mass is 187 g/mol. The van der Waals surface area contributed by atoms with Gasteiger partial charge < -0.3 is 5.32 Å². The molecule has 2 nitrogen and oxygen atoms in total. The molecule has 1 aromatic carbocycles. The number of amides is 1. The maximum absolute atomic E-state index is 10.9. The zero-order chi connectivity index (χ0) is 10.4. The van der Waals surface area contributed by atoms with Gasteiger partial charge in [0.25, 0.3) is 0 Å². The lowest BCUT2D eigenvalue weighted by Gasteiger charge is -2.06. The Balaban J connectivity index is 2.95. The van der Waals surface area contributed by atoms with Gasteiger partial charge in [-0.3, -0.25) is 4.79 Å². The number of carbonyl (C=O) groups excluding carboxylic acids is 1. The number of carbonyl (C=O) groups is 1. The first kappa shape index (κ1) is 10.3. The molecule has 0 aromatic heterocycles. The molecule has 0 radical (unpaired) electrons. The van der Waals surface area contributed by atoms with E-state index in [2.05, 4.69) is 11.9 Å². The van der Waals surface area contributed by atoms with Crippen LogP contribution in [0.1, 0.15) is 12.5 Å². The van der Waals surface area contributed by atoms with Crippen molar-refractivity contribution in [2.75, 3.05) is 0 Å². The topological polar surface area (TPSA) is 29.1 Å². The van der Waals surface area contributed by atoms with Gasteiger partial charge in [-0.25, -0.2) is 0 Å². The standard InChI is InChI=1S/C12H13NO/c1-3-7-12(13-10(2)14)11-8-5-4-6-9-11/h3-9H,1H2,2H3,(H,13,14)/b12-7-. The lowest BCUT2D eigenvalue weighted by molar-refractivity contribution is -0.117. The first-order valence-corrected chi connectivity index (χ1v) is 4.40. The molecule has 72 valence electrons. The summed E-state index contributed by atoms with van der Waals surface area (Å²) in [6.07, 6.45) is 3.43. The Kier molecular flexibility index (Phi) is 3.68. The maximum atomic E-state index is 10.9. The van der Waals surface area contributed by atoms with Crippen LogP contribution in [0.3, 0.4) is 0 Å². The van der Waals surface area contributed by atoms with Crippen molar-refractivity contribution in [1.82, 2.24) is 5.32 Å². The summed E-state index contributed by atoms with van der Waals surface area (Å²) in [5.74, 6) is -0.0815. The molecule has 14 heavy (non-hydrogen) atoms. The fourth-order valence-electron chi connectivity index (χ4n) is 1.14. The fraction of sp³-hybridized carbons (Fsp3) is 0.0833. The van der Waals surface area contributed by atoms with Crippen molar-refractivity contribution in [3.05, 3.63) is 54.6 Å². The molecule has 0 aliphatic carbocycles. The van der Waals surface area contributed by atoms with E-state index >= 15 is 0 Å². The third-order valence-electron chi connectivity index (χ3n) is 1.68. The summed E-state index contributed by atoms with van der Waals surface area (Å²) < 4.78 is 0. The van der Waals surface area contributed by atoms with Crippen molar-refractivity contribution < 1.29 is 4.79 Å². The highest BCUT2D eigenvalue weighted by Gasteiger charge is 2.00. The molecule has 1 N–H and O–H groups in total. The maximum Gasteiger partial charge on any atom is 0.221 e. The SMILES string of the molecule is C=C/C=C(\NC(C)=O)c1ccccc1. The van der Waals surface area contributed by atoms with Gasteiger partial charge >= 0.3 is 0 Å². The summed E-state index contributed by atoms with van der Waals surface area (Å²) in [6.45, 7) is 5.09. The average Bonchev–Trinajstić information content (AvgIpc) is 2.18. The molecule has 2 heteroatoms. The molecular weight excluding hydrogens is 174 g/mol. The van der Waals surface area contributed by atoms with E-state index in [1.54, 1.807) is 12.2 Å². The van der Waals surface area contributed by atoms with Gasteiger partial charge in [0, 0.05) is 12.6 Å². The molecule has 0 fully saturated rings. The third-order valence-corrected chi connectivity index (χ3v) is 1.68. The molecule has 0 spiro atoms. The number of hydrogen-bond acceptors (Lipinski definition) is 1. The van der Waals surface area contributed by atoms with Crippen LogP contribution in [0.15, 0.2) is 49.1 Å². The van der Waals surface area contributed by atoms with Gasteiger partial charge in [0.1, 0.15) is 0 Å². The highest BCUT2D eigenvalue weighted by molar-refractivity contribution is 5.85. The van der Waals surface area contributed by atoms with E-state index in [1.165, 1.54) is 6.92 Å².